The summed E-state index contributed by atoms with van der Waals surface area (Å²) >= 11 is 5.04. The fourth-order valence-corrected chi connectivity index (χ4v) is 2.28. The average molecular weight is 321 g/mol. The highest BCUT2D eigenvalue weighted by Crippen LogP contribution is 2.20. The third-order valence-corrected chi connectivity index (χ3v) is 3.47. The minimum absolute atomic E-state index is 0.0141. The van der Waals surface area contributed by atoms with Gasteiger partial charge in [-0.1, -0.05) is 13.3 Å². The van der Waals surface area contributed by atoms with Crippen LogP contribution in [-0.4, -0.2) is 29.7 Å². The third kappa shape index (κ3) is 3.54. The van der Waals surface area contributed by atoms with E-state index >= 15 is 0 Å². The molecule has 5 nitrogen and oxygen atoms in total. The second-order valence-electron chi connectivity index (χ2n) is 4.83. The number of aliphatic imine (C=N–C) groups is 1. The van der Waals surface area contributed by atoms with Crippen molar-refractivity contribution in [3.05, 3.63) is 30.1 Å². The van der Waals surface area contributed by atoms with Crippen LogP contribution < -0.4 is 10.2 Å². The number of thiocarbonyl (C=S) groups is 1. The number of hydrogen-bond donors (Lipinski definition) is 1. The lowest BCUT2D eigenvalue weighted by Crippen LogP contribution is -2.58. The summed E-state index contributed by atoms with van der Waals surface area (Å²) in [7, 11) is 0. The van der Waals surface area contributed by atoms with Crippen LogP contribution in [0.3, 0.4) is 0 Å². The van der Waals surface area contributed by atoms with Crippen molar-refractivity contribution < 1.29 is 14.0 Å². The van der Waals surface area contributed by atoms with Gasteiger partial charge in [0.05, 0.1) is 5.69 Å². The number of amides is 2. The average Bonchev–Trinajstić information content (AvgIpc) is 2.48. The molecule has 2 rings (SSSR count). The fourth-order valence-electron chi connectivity index (χ4n) is 1.99. The van der Waals surface area contributed by atoms with Gasteiger partial charge in [0.1, 0.15) is 5.82 Å². The van der Waals surface area contributed by atoms with E-state index in [4.69, 9.17) is 12.2 Å². The summed E-state index contributed by atoms with van der Waals surface area (Å²) in [6.07, 6.45) is 3.22. The predicted octanol–water partition coefficient (Wildman–Crippen LogP) is 2.06. The lowest BCUT2D eigenvalue weighted by molar-refractivity contribution is -0.130. The Balaban J connectivity index is 2.21. The molecule has 1 aromatic rings. The van der Waals surface area contributed by atoms with Gasteiger partial charge in [-0.05, 0) is 42.9 Å². The molecule has 1 aliphatic rings. The number of carbonyl (C=O) groups is 2. The third-order valence-electron chi connectivity index (χ3n) is 3.18. The van der Waals surface area contributed by atoms with Crippen molar-refractivity contribution in [1.82, 2.24) is 5.32 Å². The maximum Gasteiger partial charge on any atom is 0.251 e. The Bertz CT molecular complexity index is 616. The summed E-state index contributed by atoms with van der Waals surface area (Å²) in [5, 5.41) is 2.46. The van der Waals surface area contributed by atoms with E-state index in [1.165, 1.54) is 35.4 Å². The van der Waals surface area contributed by atoms with Crippen molar-refractivity contribution in [3.63, 3.8) is 0 Å². The van der Waals surface area contributed by atoms with Gasteiger partial charge < -0.3 is 5.32 Å². The Hall–Kier alpha value is -2.15. The Labute approximate surface area is 133 Å². The standard InChI is InChI=1S/C15H16FN3O2S/c1-2-3-8-17-9-12-13(20)18-15(22)19(14(12)21)11-6-4-10(16)5-7-11/h4-7,9,12H,2-3,8H2,1H3,(H,18,20,22). The Morgan fingerprint density at radius 3 is 2.68 bits per heavy atom. The summed E-state index contributed by atoms with van der Waals surface area (Å²) in [5.41, 5.74) is 0.406. The zero-order valence-electron chi connectivity index (χ0n) is 12.1. The Kier molecular flexibility index (Phi) is 5.32. The Morgan fingerprint density at radius 1 is 1.36 bits per heavy atom. The molecule has 1 fully saturated rings. The lowest BCUT2D eigenvalue weighted by atomic mass is 10.1. The van der Waals surface area contributed by atoms with E-state index < -0.39 is 23.5 Å². The van der Waals surface area contributed by atoms with Gasteiger partial charge in [0, 0.05) is 12.8 Å². The number of benzene rings is 1. The second kappa shape index (κ2) is 7.22. The highest BCUT2D eigenvalue weighted by atomic mass is 32.1. The highest BCUT2D eigenvalue weighted by molar-refractivity contribution is 7.80. The molecular formula is C15H16FN3O2S. The molecule has 1 unspecified atom stereocenters. The molecule has 0 aromatic heterocycles. The maximum atomic E-state index is 13.0. The predicted molar refractivity (Wildman–Crippen MR) is 86.4 cm³/mol. The van der Waals surface area contributed by atoms with E-state index in [2.05, 4.69) is 10.3 Å². The molecule has 116 valence electrons. The molecule has 2 amide bonds. The number of nitrogens with zero attached hydrogens (tertiary/aromatic N) is 2. The first-order valence-corrected chi connectivity index (χ1v) is 7.39. The van der Waals surface area contributed by atoms with Gasteiger partial charge in [-0.3, -0.25) is 19.5 Å². The topological polar surface area (TPSA) is 61.8 Å². The molecule has 0 bridgehead atoms. The number of rotatable bonds is 5. The van der Waals surface area contributed by atoms with Crippen molar-refractivity contribution in [1.29, 1.82) is 0 Å². The van der Waals surface area contributed by atoms with Gasteiger partial charge in [-0.25, -0.2) is 4.39 Å². The van der Waals surface area contributed by atoms with Gasteiger partial charge in [0.15, 0.2) is 11.0 Å². The SMILES string of the molecule is CCCCN=CC1C(=O)NC(=S)N(c2ccc(F)cc2)C1=O. The molecule has 1 aliphatic heterocycles. The zero-order valence-corrected chi connectivity index (χ0v) is 12.9. The van der Waals surface area contributed by atoms with Crippen LogP contribution in [0, 0.1) is 11.7 Å². The minimum Gasteiger partial charge on any atom is -0.301 e. The van der Waals surface area contributed by atoms with Crippen molar-refractivity contribution in [2.45, 2.75) is 19.8 Å². The zero-order chi connectivity index (χ0) is 16.1. The van der Waals surface area contributed by atoms with Crippen LogP contribution in [0.25, 0.3) is 0 Å². The first kappa shape index (κ1) is 16.2. The van der Waals surface area contributed by atoms with Gasteiger partial charge >= 0.3 is 0 Å². The van der Waals surface area contributed by atoms with Crippen LogP contribution in [0.5, 0.6) is 0 Å². The van der Waals surface area contributed by atoms with Gasteiger partial charge in [0.2, 0.25) is 5.91 Å². The largest absolute Gasteiger partial charge is 0.301 e. The van der Waals surface area contributed by atoms with Gasteiger partial charge in [0.25, 0.3) is 5.91 Å². The van der Waals surface area contributed by atoms with E-state index in [-0.39, 0.29) is 5.11 Å². The fraction of sp³-hybridized carbons (Fsp3) is 0.333. The summed E-state index contributed by atoms with van der Waals surface area (Å²) in [6, 6.07) is 5.32. The molecule has 7 heteroatoms. The monoisotopic (exact) mass is 321 g/mol. The van der Waals surface area contributed by atoms with E-state index in [0.717, 1.165) is 12.8 Å². The number of nitrogens with one attached hydrogen (secondary N) is 1. The van der Waals surface area contributed by atoms with E-state index in [1.807, 2.05) is 6.92 Å². The molecule has 22 heavy (non-hydrogen) atoms. The number of halogens is 1. The molecule has 1 atom stereocenters. The minimum atomic E-state index is -1.02. The maximum absolute atomic E-state index is 13.0. The Morgan fingerprint density at radius 2 is 2.05 bits per heavy atom. The first-order valence-electron chi connectivity index (χ1n) is 6.99. The molecule has 1 saturated heterocycles. The molecule has 1 N–H and O–H groups in total. The number of anilines is 1. The first-order chi connectivity index (χ1) is 10.5. The van der Waals surface area contributed by atoms with Gasteiger partial charge in [-0.2, -0.15) is 0 Å². The van der Waals surface area contributed by atoms with Crippen molar-refractivity contribution in [3.8, 4) is 0 Å². The summed E-state index contributed by atoms with van der Waals surface area (Å²) in [6.45, 7) is 2.59. The van der Waals surface area contributed by atoms with Crippen molar-refractivity contribution >= 4 is 41.0 Å². The summed E-state index contributed by atoms with van der Waals surface area (Å²) in [5.74, 6) is -2.41. The molecule has 0 saturated carbocycles. The quantitative estimate of drug-likeness (QED) is 0.391. The van der Waals surface area contributed by atoms with Crippen LogP contribution >= 0.6 is 12.2 Å². The van der Waals surface area contributed by atoms with Gasteiger partial charge in [-0.15, -0.1) is 0 Å². The summed E-state index contributed by atoms with van der Waals surface area (Å²) in [4.78, 5) is 29.7. The molecule has 0 spiro atoms. The van der Waals surface area contributed by atoms with Crippen LogP contribution in [0.4, 0.5) is 10.1 Å². The number of unbranched alkanes of at least 4 members (excludes halogenated alkanes) is 1. The molecule has 1 heterocycles. The molecule has 0 radical (unpaired) electrons. The van der Waals surface area contributed by atoms with Crippen LogP contribution in [0.2, 0.25) is 0 Å². The normalized spacial score (nSPS) is 18.9. The molecular weight excluding hydrogens is 305 g/mol. The van der Waals surface area contributed by atoms with Crippen molar-refractivity contribution in [2.24, 2.45) is 10.9 Å². The summed E-state index contributed by atoms with van der Waals surface area (Å²) < 4.78 is 13.0. The number of carbonyl (C=O) groups excluding carboxylic acids is 2. The lowest BCUT2D eigenvalue weighted by Gasteiger charge is -2.30. The van der Waals surface area contributed by atoms with E-state index in [9.17, 15) is 14.0 Å². The molecule has 0 aliphatic carbocycles. The van der Waals surface area contributed by atoms with Crippen LogP contribution in [-0.2, 0) is 9.59 Å². The van der Waals surface area contributed by atoms with E-state index in [1.54, 1.807) is 0 Å². The number of hydrogen-bond acceptors (Lipinski definition) is 4. The molecule has 1 aromatic carbocycles. The van der Waals surface area contributed by atoms with Crippen LogP contribution in [0.15, 0.2) is 29.3 Å². The van der Waals surface area contributed by atoms with E-state index in [0.29, 0.717) is 12.2 Å². The smallest absolute Gasteiger partial charge is 0.251 e. The van der Waals surface area contributed by atoms with Crippen molar-refractivity contribution in [2.75, 3.05) is 11.4 Å². The highest BCUT2D eigenvalue weighted by Gasteiger charge is 2.38. The van der Waals surface area contributed by atoms with Crippen LogP contribution in [0.1, 0.15) is 19.8 Å². The second-order valence-corrected chi connectivity index (χ2v) is 5.22.